The Morgan fingerprint density at radius 1 is 1.27 bits per heavy atom. The molecule has 112 valence electrons. The van der Waals surface area contributed by atoms with Gasteiger partial charge in [-0.2, -0.15) is 5.10 Å². The molecule has 4 heteroatoms. The summed E-state index contributed by atoms with van der Waals surface area (Å²) in [7, 11) is 1.69. The van der Waals surface area contributed by atoms with Gasteiger partial charge in [0, 0.05) is 18.1 Å². The van der Waals surface area contributed by atoms with Gasteiger partial charge >= 0.3 is 0 Å². The molecule has 22 heavy (non-hydrogen) atoms. The van der Waals surface area contributed by atoms with E-state index in [4.69, 9.17) is 15.6 Å². The summed E-state index contributed by atoms with van der Waals surface area (Å²) >= 11 is 0. The molecule has 1 fully saturated rings. The summed E-state index contributed by atoms with van der Waals surface area (Å²) in [4.78, 5) is 0. The molecular weight excluding hydrogens is 274 g/mol. The maximum absolute atomic E-state index is 5.77. The molecule has 0 radical (unpaired) electrons. The highest BCUT2D eigenvalue weighted by atomic mass is 16.5. The first-order valence-corrected chi connectivity index (χ1v) is 7.65. The van der Waals surface area contributed by atoms with Crippen molar-refractivity contribution in [3.8, 4) is 16.9 Å². The molecule has 0 atom stereocenters. The van der Waals surface area contributed by atoms with Crippen molar-refractivity contribution < 1.29 is 4.74 Å². The van der Waals surface area contributed by atoms with Crippen LogP contribution in [0.4, 0.5) is 0 Å². The molecule has 0 aliphatic heterocycles. The summed E-state index contributed by atoms with van der Waals surface area (Å²) in [5, 5.41) is 5.88. The third-order valence-electron chi connectivity index (χ3n) is 4.27. The van der Waals surface area contributed by atoms with E-state index in [1.54, 1.807) is 7.11 Å². The van der Waals surface area contributed by atoms with E-state index in [0.717, 1.165) is 22.2 Å². The maximum Gasteiger partial charge on any atom is 0.147 e. The van der Waals surface area contributed by atoms with E-state index in [1.807, 2.05) is 6.07 Å². The zero-order chi connectivity index (χ0) is 15.1. The SMILES string of the molecule is COc1ccc(-c2cccc(CN)c2)c2cn(C3CC3)nc12. The summed E-state index contributed by atoms with van der Waals surface area (Å²) in [6.07, 6.45) is 4.59. The molecule has 1 aromatic heterocycles. The third-order valence-corrected chi connectivity index (χ3v) is 4.27. The van der Waals surface area contributed by atoms with Crippen molar-refractivity contribution >= 4 is 10.9 Å². The quantitative estimate of drug-likeness (QED) is 0.801. The van der Waals surface area contributed by atoms with E-state index in [0.29, 0.717) is 12.6 Å². The molecule has 1 aliphatic carbocycles. The average molecular weight is 293 g/mol. The van der Waals surface area contributed by atoms with E-state index >= 15 is 0 Å². The topological polar surface area (TPSA) is 53.1 Å². The number of rotatable bonds is 4. The first-order valence-electron chi connectivity index (χ1n) is 7.65. The molecule has 1 saturated carbocycles. The first-order chi connectivity index (χ1) is 10.8. The van der Waals surface area contributed by atoms with Gasteiger partial charge in [-0.25, -0.2) is 0 Å². The molecule has 0 spiro atoms. The Kier molecular flexibility index (Phi) is 3.12. The predicted octanol–water partition coefficient (Wildman–Crippen LogP) is 3.51. The van der Waals surface area contributed by atoms with Gasteiger partial charge in [-0.15, -0.1) is 0 Å². The van der Waals surface area contributed by atoms with Crippen LogP contribution in [0.1, 0.15) is 24.4 Å². The van der Waals surface area contributed by atoms with Crippen molar-refractivity contribution in [2.24, 2.45) is 5.73 Å². The summed E-state index contributed by atoms with van der Waals surface area (Å²) < 4.78 is 7.57. The second kappa shape index (κ2) is 5.14. The van der Waals surface area contributed by atoms with Crippen LogP contribution in [0, 0.1) is 0 Å². The summed E-state index contributed by atoms with van der Waals surface area (Å²) in [5.41, 5.74) is 10.2. The Morgan fingerprint density at radius 3 is 2.86 bits per heavy atom. The molecule has 0 amide bonds. The number of benzene rings is 2. The molecule has 3 aromatic rings. The van der Waals surface area contributed by atoms with Crippen molar-refractivity contribution in [3.05, 3.63) is 48.2 Å². The number of methoxy groups -OCH3 is 1. The molecule has 0 bridgehead atoms. The molecule has 0 unspecified atom stereocenters. The number of nitrogens with two attached hydrogens (primary N) is 1. The molecule has 4 rings (SSSR count). The summed E-state index contributed by atoms with van der Waals surface area (Å²) in [6.45, 7) is 0.550. The lowest BCUT2D eigenvalue weighted by molar-refractivity contribution is 0.418. The van der Waals surface area contributed by atoms with Gasteiger partial charge < -0.3 is 10.5 Å². The number of nitrogens with zero attached hydrogens (tertiary/aromatic N) is 2. The zero-order valence-corrected chi connectivity index (χ0v) is 12.6. The minimum atomic E-state index is 0.550. The number of fused-ring (bicyclic) bond motifs is 1. The Hall–Kier alpha value is -2.33. The van der Waals surface area contributed by atoms with Crippen molar-refractivity contribution in [2.75, 3.05) is 7.11 Å². The van der Waals surface area contributed by atoms with Crippen molar-refractivity contribution in [1.82, 2.24) is 9.78 Å². The molecule has 4 nitrogen and oxygen atoms in total. The third kappa shape index (κ3) is 2.16. The van der Waals surface area contributed by atoms with Crippen LogP contribution in [0.25, 0.3) is 22.0 Å². The minimum absolute atomic E-state index is 0.550. The smallest absolute Gasteiger partial charge is 0.147 e. The van der Waals surface area contributed by atoms with Crippen LogP contribution >= 0.6 is 0 Å². The highest BCUT2D eigenvalue weighted by molar-refractivity contribution is 5.97. The fraction of sp³-hybridized carbons (Fsp3) is 0.278. The van der Waals surface area contributed by atoms with Crippen LogP contribution in [0.2, 0.25) is 0 Å². The van der Waals surface area contributed by atoms with Crippen LogP contribution in [0.5, 0.6) is 5.75 Å². The Morgan fingerprint density at radius 2 is 2.14 bits per heavy atom. The lowest BCUT2D eigenvalue weighted by Crippen LogP contribution is -1.95. The predicted molar refractivity (Wildman–Crippen MR) is 87.9 cm³/mol. The van der Waals surface area contributed by atoms with Gasteiger partial charge in [-0.1, -0.05) is 18.2 Å². The van der Waals surface area contributed by atoms with E-state index in [-0.39, 0.29) is 0 Å². The molecule has 2 N–H and O–H groups in total. The maximum atomic E-state index is 5.77. The Bertz CT molecular complexity index is 833. The monoisotopic (exact) mass is 293 g/mol. The van der Waals surface area contributed by atoms with Crippen LogP contribution in [0.3, 0.4) is 0 Å². The normalized spacial score (nSPS) is 14.5. The summed E-state index contributed by atoms with van der Waals surface area (Å²) in [6, 6.07) is 13.0. The average Bonchev–Trinajstić information content (AvgIpc) is 3.32. The van der Waals surface area contributed by atoms with E-state index in [9.17, 15) is 0 Å². The van der Waals surface area contributed by atoms with E-state index in [1.165, 1.54) is 24.0 Å². The molecule has 2 aromatic carbocycles. The highest BCUT2D eigenvalue weighted by Crippen LogP contribution is 2.39. The van der Waals surface area contributed by atoms with Gasteiger partial charge in [-0.05, 0) is 47.7 Å². The largest absolute Gasteiger partial charge is 0.494 e. The van der Waals surface area contributed by atoms with Crippen LogP contribution < -0.4 is 10.5 Å². The summed E-state index contributed by atoms with van der Waals surface area (Å²) in [5.74, 6) is 0.827. The first kappa shape index (κ1) is 13.3. The minimum Gasteiger partial charge on any atom is -0.494 e. The highest BCUT2D eigenvalue weighted by Gasteiger charge is 2.25. The lowest BCUT2D eigenvalue weighted by Gasteiger charge is -2.07. The van der Waals surface area contributed by atoms with Crippen LogP contribution in [0.15, 0.2) is 42.6 Å². The Labute approximate surface area is 129 Å². The van der Waals surface area contributed by atoms with Crippen LogP contribution in [-0.2, 0) is 6.54 Å². The molecular formula is C18H19N3O. The van der Waals surface area contributed by atoms with Gasteiger partial charge in [0.2, 0.25) is 0 Å². The van der Waals surface area contributed by atoms with Gasteiger partial charge in [0.25, 0.3) is 0 Å². The van der Waals surface area contributed by atoms with Gasteiger partial charge in [-0.3, -0.25) is 4.68 Å². The van der Waals surface area contributed by atoms with Gasteiger partial charge in [0.1, 0.15) is 11.3 Å². The fourth-order valence-electron chi connectivity index (χ4n) is 2.91. The number of ether oxygens (including phenoxy) is 1. The van der Waals surface area contributed by atoms with E-state index in [2.05, 4.69) is 41.2 Å². The van der Waals surface area contributed by atoms with E-state index < -0.39 is 0 Å². The van der Waals surface area contributed by atoms with Gasteiger partial charge in [0.15, 0.2) is 0 Å². The Balaban J connectivity index is 1.93. The number of hydrogen-bond donors (Lipinski definition) is 1. The number of hydrogen-bond acceptors (Lipinski definition) is 3. The van der Waals surface area contributed by atoms with Gasteiger partial charge in [0.05, 0.1) is 13.2 Å². The molecule has 1 heterocycles. The lowest BCUT2D eigenvalue weighted by atomic mass is 9.99. The second-order valence-corrected chi connectivity index (χ2v) is 5.82. The fourth-order valence-corrected chi connectivity index (χ4v) is 2.91. The molecule has 0 saturated heterocycles. The zero-order valence-electron chi connectivity index (χ0n) is 12.6. The van der Waals surface area contributed by atoms with Crippen molar-refractivity contribution in [1.29, 1.82) is 0 Å². The van der Waals surface area contributed by atoms with Crippen LogP contribution in [-0.4, -0.2) is 16.9 Å². The standard InChI is InChI=1S/C18H19N3O/c1-22-17-8-7-15(13-4-2-3-12(9-13)10-19)16-11-21(14-5-6-14)20-18(16)17/h2-4,7-9,11,14H,5-6,10,19H2,1H3. The van der Waals surface area contributed by atoms with Crippen molar-refractivity contribution in [2.45, 2.75) is 25.4 Å². The second-order valence-electron chi connectivity index (χ2n) is 5.82. The van der Waals surface area contributed by atoms with Crippen molar-refractivity contribution in [3.63, 3.8) is 0 Å². The number of aromatic nitrogens is 2. The molecule has 1 aliphatic rings.